The molecule has 0 radical (unpaired) electrons. The fourth-order valence-electron chi connectivity index (χ4n) is 4.45. The Labute approximate surface area is 190 Å². The molecule has 168 valence electrons. The van der Waals surface area contributed by atoms with Gasteiger partial charge in [-0.25, -0.2) is 4.39 Å². The second-order valence-electron chi connectivity index (χ2n) is 8.75. The molecule has 1 aromatic heterocycles. The number of ether oxygens (including phenoxy) is 1. The van der Waals surface area contributed by atoms with E-state index in [2.05, 4.69) is 16.0 Å². The molecule has 4 rings (SSSR count). The molecule has 5 nitrogen and oxygen atoms in total. The largest absolute Gasteiger partial charge is 0.360 e. The molecule has 0 aliphatic carbocycles. The van der Waals surface area contributed by atoms with E-state index in [1.54, 1.807) is 23.1 Å². The fraction of sp³-hybridized carbons (Fsp3) is 0.500. The second-order valence-corrected chi connectivity index (χ2v) is 8.75. The van der Waals surface area contributed by atoms with Crippen molar-refractivity contribution >= 4 is 24.0 Å². The van der Waals surface area contributed by atoms with Crippen molar-refractivity contribution in [1.82, 2.24) is 9.88 Å². The molecule has 31 heavy (non-hydrogen) atoms. The van der Waals surface area contributed by atoms with Crippen molar-refractivity contribution in [3.05, 3.63) is 60.2 Å². The number of rotatable bonds is 5. The van der Waals surface area contributed by atoms with E-state index in [4.69, 9.17) is 4.74 Å². The molecule has 1 unspecified atom stereocenters. The lowest BCUT2D eigenvalue weighted by atomic mass is 9.86. The number of pyridine rings is 1. The van der Waals surface area contributed by atoms with Gasteiger partial charge in [0.1, 0.15) is 11.9 Å². The second kappa shape index (κ2) is 10.1. The molecular formula is C24H31ClFN3O2. The van der Waals surface area contributed by atoms with Gasteiger partial charge in [-0.15, -0.1) is 12.4 Å². The van der Waals surface area contributed by atoms with Gasteiger partial charge in [0.25, 0.3) is 5.91 Å². The van der Waals surface area contributed by atoms with Crippen molar-refractivity contribution in [2.45, 2.75) is 44.8 Å². The van der Waals surface area contributed by atoms with Crippen molar-refractivity contribution in [2.75, 3.05) is 31.1 Å². The van der Waals surface area contributed by atoms with Crippen molar-refractivity contribution in [2.24, 2.45) is 5.92 Å². The van der Waals surface area contributed by atoms with E-state index in [0.29, 0.717) is 12.2 Å². The van der Waals surface area contributed by atoms with Gasteiger partial charge in [-0.3, -0.25) is 9.78 Å². The van der Waals surface area contributed by atoms with E-state index >= 15 is 0 Å². The quantitative estimate of drug-likeness (QED) is 0.692. The number of likely N-dealkylation sites (tertiary alicyclic amines) is 1. The van der Waals surface area contributed by atoms with Gasteiger partial charge in [0.15, 0.2) is 0 Å². The van der Waals surface area contributed by atoms with Crippen LogP contribution in [0.1, 0.15) is 32.4 Å². The van der Waals surface area contributed by atoms with Gasteiger partial charge in [-0.2, -0.15) is 0 Å². The van der Waals surface area contributed by atoms with Crippen molar-refractivity contribution < 1.29 is 13.9 Å². The number of carbonyl (C=O) groups excluding carboxylic acids is 1. The molecule has 2 saturated heterocycles. The maximum absolute atomic E-state index is 14.5. The zero-order chi connectivity index (χ0) is 21.1. The number of carbonyl (C=O) groups is 1. The summed E-state index contributed by atoms with van der Waals surface area (Å²) < 4.78 is 20.9. The molecule has 1 aromatic carbocycles. The van der Waals surface area contributed by atoms with Crippen LogP contribution in [0.5, 0.6) is 0 Å². The van der Waals surface area contributed by atoms with E-state index in [-0.39, 0.29) is 30.0 Å². The summed E-state index contributed by atoms with van der Waals surface area (Å²) in [5, 5.41) is 0. The zero-order valence-electron chi connectivity index (χ0n) is 18.2. The van der Waals surface area contributed by atoms with Crippen molar-refractivity contribution in [1.29, 1.82) is 0 Å². The third-order valence-corrected chi connectivity index (χ3v) is 6.26. The predicted molar refractivity (Wildman–Crippen MR) is 122 cm³/mol. The molecule has 2 aliphatic heterocycles. The fourth-order valence-corrected chi connectivity index (χ4v) is 4.45. The van der Waals surface area contributed by atoms with Gasteiger partial charge in [-0.1, -0.05) is 32.0 Å². The first-order valence-electron chi connectivity index (χ1n) is 10.8. The number of benzene rings is 1. The zero-order valence-corrected chi connectivity index (χ0v) is 19.0. The van der Waals surface area contributed by atoms with Crippen LogP contribution in [0.3, 0.4) is 0 Å². The summed E-state index contributed by atoms with van der Waals surface area (Å²) in [4.78, 5) is 21.5. The predicted octanol–water partition coefficient (Wildman–Crippen LogP) is 4.11. The summed E-state index contributed by atoms with van der Waals surface area (Å²) in [7, 11) is 0. The van der Waals surface area contributed by atoms with Gasteiger partial charge in [0, 0.05) is 37.9 Å². The normalized spacial score (nSPS) is 21.4. The molecule has 1 amide bonds. The van der Waals surface area contributed by atoms with Gasteiger partial charge < -0.3 is 14.5 Å². The highest BCUT2D eigenvalue weighted by molar-refractivity contribution is 5.97. The first-order valence-corrected chi connectivity index (χ1v) is 10.8. The molecular weight excluding hydrogens is 417 g/mol. The van der Waals surface area contributed by atoms with Crippen LogP contribution >= 0.6 is 12.4 Å². The van der Waals surface area contributed by atoms with E-state index < -0.39 is 11.7 Å². The van der Waals surface area contributed by atoms with Crippen LogP contribution in [-0.4, -0.2) is 53.7 Å². The number of halogens is 2. The van der Waals surface area contributed by atoms with Crippen LogP contribution in [0.2, 0.25) is 0 Å². The first-order chi connectivity index (χ1) is 14.5. The molecule has 0 saturated carbocycles. The molecule has 3 heterocycles. The lowest BCUT2D eigenvalue weighted by Crippen LogP contribution is -2.63. The van der Waals surface area contributed by atoms with Crippen LogP contribution < -0.4 is 4.90 Å². The van der Waals surface area contributed by atoms with Crippen LogP contribution in [0, 0.1) is 11.7 Å². The molecule has 0 N–H and O–H groups in total. The number of hydrogen-bond donors (Lipinski definition) is 0. The van der Waals surface area contributed by atoms with E-state index in [0.717, 1.165) is 44.6 Å². The Kier molecular flexibility index (Phi) is 7.68. The first kappa shape index (κ1) is 23.6. The molecule has 1 spiro atoms. The van der Waals surface area contributed by atoms with Gasteiger partial charge >= 0.3 is 0 Å². The minimum Gasteiger partial charge on any atom is -0.360 e. The SMILES string of the molecule is CC(C)C1OC2(CCN(CCc3ccccn3)CC2)CN(c2ccccc2F)C1=O.Cl. The monoisotopic (exact) mass is 447 g/mol. The maximum atomic E-state index is 14.5. The number of nitrogens with zero attached hydrogens (tertiary/aromatic N) is 3. The van der Waals surface area contributed by atoms with Gasteiger partial charge in [0.2, 0.25) is 0 Å². The molecule has 2 fully saturated rings. The molecule has 1 atom stereocenters. The Morgan fingerprint density at radius 3 is 2.52 bits per heavy atom. The number of hydrogen-bond acceptors (Lipinski definition) is 4. The van der Waals surface area contributed by atoms with Crippen LogP contribution in [0.25, 0.3) is 0 Å². The highest BCUT2D eigenvalue weighted by atomic mass is 35.5. The lowest BCUT2D eigenvalue weighted by Gasteiger charge is -2.50. The number of amides is 1. The van der Waals surface area contributed by atoms with E-state index in [1.807, 2.05) is 32.2 Å². The van der Waals surface area contributed by atoms with Crippen molar-refractivity contribution in [3.63, 3.8) is 0 Å². The summed E-state index contributed by atoms with van der Waals surface area (Å²) in [5.41, 5.74) is 1.03. The number of morpholine rings is 1. The molecule has 2 aromatic rings. The lowest BCUT2D eigenvalue weighted by molar-refractivity contribution is -0.171. The standard InChI is InChI=1S/C24H30FN3O2.ClH/c1-18(2)22-23(29)28(21-9-4-3-8-20(21)25)17-24(30-22)11-15-27(16-12-24)14-10-19-7-5-6-13-26-19;/h3-9,13,18,22H,10-12,14-17H2,1-2H3;1H. The van der Waals surface area contributed by atoms with Crippen LogP contribution in [-0.2, 0) is 16.0 Å². The number of anilines is 1. The molecule has 2 aliphatic rings. The topological polar surface area (TPSA) is 45.7 Å². The number of piperidine rings is 1. The third-order valence-electron chi connectivity index (χ3n) is 6.26. The minimum absolute atomic E-state index is 0. The Hall–Kier alpha value is -2.02. The summed E-state index contributed by atoms with van der Waals surface area (Å²) >= 11 is 0. The summed E-state index contributed by atoms with van der Waals surface area (Å²) in [6.07, 6.45) is 3.87. The summed E-state index contributed by atoms with van der Waals surface area (Å²) in [5.74, 6) is -0.470. The van der Waals surface area contributed by atoms with E-state index in [1.165, 1.54) is 6.07 Å². The highest BCUT2D eigenvalue weighted by Gasteiger charge is 2.48. The average Bonchev–Trinajstić information content (AvgIpc) is 2.76. The summed E-state index contributed by atoms with van der Waals surface area (Å²) in [6, 6.07) is 12.5. The summed E-state index contributed by atoms with van der Waals surface area (Å²) in [6.45, 7) is 7.14. The van der Waals surface area contributed by atoms with Crippen LogP contribution in [0.4, 0.5) is 10.1 Å². The van der Waals surface area contributed by atoms with E-state index in [9.17, 15) is 9.18 Å². The molecule has 7 heteroatoms. The van der Waals surface area contributed by atoms with Crippen LogP contribution in [0.15, 0.2) is 48.7 Å². The smallest absolute Gasteiger partial charge is 0.256 e. The average molecular weight is 448 g/mol. The molecule has 0 bridgehead atoms. The number of aromatic nitrogens is 1. The Bertz CT molecular complexity index is 872. The Morgan fingerprint density at radius 2 is 1.87 bits per heavy atom. The number of para-hydroxylation sites is 1. The maximum Gasteiger partial charge on any atom is 0.256 e. The third kappa shape index (κ3) is 5.25. The Morgan fingerprint density at radius 1 is 1.16 bits per heavy atom. The minimum atomic E-state index is -0.543. The van der Waals surface area contributed by atoms with Crippen molar-refractivity contribution in [3.8, 4) is 0 Å². The van der Waals surface area contributed by atoms with Gasteiger partial charge in [0.05, 0.1) is 17.8 Å². The Balaban J connectivity index is 0.00000272. The highest BCUT2D eigenvalue weighted by Crippen LogP contribution is 2.37. The van der Waals surface area contributed by atoms with Gasteiger partial charge in [-0.05, 0) is 43.0 Å².